The number of nitrogens with one attached hydrogen (secondary N) is 2. The maximum atomic E-state index is 12.3. The Morgan fingerprint density at radius 3 is 2.25 bits per heavy atom. The molecule has 0 fully saturated rings. The number of hydrogen-bond donors (Lipinski definition) is 2. The Labute approximate surface area is 122 Å². The van der Waals surface area contributed by atoms with Crippen LogP contribution in [0.1, 0.15) is 39.1 Å². The number of aryl methyl sites for hydroxylation is 1. The number of nitrogens with zero attached hydrogens (tertiary/aromatic N) is 2. The zero-order valence-corrected chi connectivity index (χ0v) is 14.0. The Morgan fingerprint density at radius 2 is 1.75 bits per heavy atom. The van der Waals surface area contributed by atoms with Crippen molar-refractivity contribution in [2.45, 2.75) is 65.1 Å². The monoisotopic (exact) mass is 302 g/mol. The number of sulfonamides is 1. The first kappa shape index (κ1) is 17.1. The molecule has 0 saturated heterocycles. The lowest BCUT2D eigenvalue weighted by atomic mass is 10.4. The van der Waals surface area contributed by atoms with Crippen molar-refractivity contribution in [3.05, 3.63) is 11.4 Å². The van der Waals surface area contributed by atoms with E-state index in [4.69, 9.17) is 0 Å². The van der Waals surface area contributed by atoms with Crippen molar-refractivity contribution in [1.82, 2.24) is 19.8 Å². The summed E-state index contributed by atoms with van der Waals surface area (Å²) in [5, 5.41) is 7.63. The molecular weight excluding hydrogens is 276 g/mol. The van der Waals surface area contributed by atoms with E-state index in [1.165, 1.54) is 0 Å². The van der Waals surface area contributed by atoms with Crippen LogP contribution in [0.15, 0.2) is 4.90 Å². The highest BCUT2D eigenvalue weighted by Crippen LogP contribution is 2.19. The normalized spacial score (nSPS) is 12.6. The van der Waals surface area contributed by atoms with Crippen molar-refractivity contribution < 1.29 is 8.42 Å². The minimum absolute atomic E-state index is 0.134. The summed E-state index contributed by atoms with van der Waals surface area (Å²) in [6.45, 7) is 12.7. The van der Waals surface area contributed by atoms with Gasteiger partial charge < -0.3 is 5.32 Å². The van der Waals surface area contributed by atoms with Crippen LogP contribution in [0.5, 0.6) is 0 Å². The average molecular weight is 302 g/mol. The molecule has 0 saturated carbocycles. The molecule has 1 aromatic rings. The van der Waals surface area contributed by atoms with E-state index in [2.05, 4.69) is 29.0 Å². The van der Waals surface area contributed by atoms with Crippen LogP contribution in [0.2, 0.25) is 0 Å². The molecule has 2 N–H and O–H groups in total. The van der Waals surface area contributed by atoms with Crippen molar-refractivity contribution in [3.63, 3.8) is 0 Å². The topological polar surface area (TPSA) is 76.0 Å². The molecule has 7 heteroatoms. The molecular formula is C13H26N4O2S. The summed E-state index contributed by atoms with van der Waals surface area (Å²) in [6.07, 6.45) is 0. The Balaban J connectivity index is 2.97. The molecule has 0 aliphatic heterocycles. The fourth-order valence-corrected chi connectivity index (χ4v) is 3.78. The largest absolute Gasteiger partial charge is 0.313 e. The molecule has 0 aliphatic carbocycles. The van der Waals surface area contributed by atoms with Gasteiger partial charge in [-0.2, -0.15) is 5.10 Å². The maximum absolute atomic E-state index is 12.3. The van der Waals surface area contributed by atoms with Gasteiger partial charge >= 0.3 is 0 Å². The molecule has 0 radical (unpaired) electrons. The first-order chi connectivity index (χ1) is 9.15. The predicted octanol–water partition coefficient (Wildman–Crippen LogP) is 1.18. The van der Waals surface area contributed by atoms with Gasteiger partial charge in [0.25, 0.3) is 0 Å². The second-order valence-corrected chi connectivity index (χ2v) is 7.26. The van der Waals surface area contributed by atoms with Crippen LogP contribution < -0.4 is 10.0 Å². The summed E-state index contributed by atoms with van der Waals surface area (Å²) in [5.41, 5.74) is 1.22. The van der Waals surface area contributed by atoms with E-state index in [1.807, 2.05) is 0 Å². The third-order valence-corrected chi connectivity index (χ3v) is 4.76. The standard InChI is InChI=1S/C13H26N4O2S/c1-9(2)14-7-8-17-12(6)13(11(5)15-17)20(18,19)16-10(3)4/h9-10,14,16H,7-8H2,1-6H3. The summed E-state index contributed by atoms with van der Waals surface area (Å²) >= 11 is 0. The minimum Gasteiger partial charge on any atom is -0.313 e. The van der Waals surface area contributed by atoms with E-state index in [9.17, 15) is 8.42 Å². The maximum Gasteiger partial charge on any atom is 0.244 e. The first-order valence-electron chi connectivity index (χ1n) is 6.95. The van der Waals surface area contributed by atoms with Gasteiger partial charge in [-0.25, -0.2) is 13.1 Å². The summed E-state index contributed by atoms with van der Waals surface area (Å²) in [7, 11) is -3.50. The molecule has 0 atom stereocenters. The van der Waals surface area contributed by atoms with Gasteiger partial charge in [0.1, 0.15) is 4.90 Å². The summed E-state index contributed by atoms with van der Waals surface area (Å²) in [6, 6.07) is 0.266. The van der Waals surface area contributed by atoms with E-state index in [0.29, 0.717) is 28.9 Å². The summed E-state index contributed by atoms with van der Waals surface area (Å²) < 4.78 is 29.0. The summed E-state index contributed by atoms with van der Waals surface area (Å²) in [5.74, 6) is 0. The lowest BCUT2D eigenvalue weighted by Gasteiger charge is -2.11. The molecule has 0 spiro atoms. The van der Waals surface area contributed by atoms with Gasteiger partial charge in [0, 0.05) is 18.6 Å². The highest BCUT2D eigenvalue weighted by atomic mass is 32.2. The van der Waals surface area contributed by atoms with Crippen molar-refractivity contribution in [1.29, 1.82) is 0 Å². The van der Waals surface area contributed by atoms with E-state index in [1.54, 1.807) is 32.4 Å². The van der Waals surface area contributed by atoms with Crippen LogP contribution in [-0.4, -0.2) is 36.8 Å². The van der Waals surface area contributed by atoms with Crippen LogP contribution in [0, 0.1) is 13.8 Å². The molecule has 116 valence electrons. The zero-order valence-electron chi connectivity index (χ0n) is 13.2. The van der Waals surface area contributed by atoms with E-state index < -0.39 is 10.0 Å². The second kappa shape index (κ2) is 6.69. The smallest absolute Gasteiger partial charge is 0.244 e. The fourth-order valence-electron chi connectivity index (χ4n) is 2.12. The van der Waals surface area contributed by atoms with Gasteiger partial charge in [-0.05, 0) is 27.7 Å². The molecule has 1 heterocycles. The third kappa shape index (κ3) is 4.29. The molecule has 0 aromatic carbocycles. The van der Waals surface area contributed by atoms with Crippen LogP contribution in [0.25, 0.3) is 0 Å². The highest BCUT2D eigenvalue weighted by Gasteiger charge is 2.24. The van der Waals surface area contributed by atoms with E-state index in [0.717, 1.165) is 6.54 Å². The molecule has 0 amide bonds. The molecule has 0 bridgehead atoms. The Hall–Kier alpha value is -0.920. The molecule has 6 nitrogen and oxygen atoms in total. The Kier molecular flexibility index (Phi) is 5.73. The Bertz CT molecular complexity index is 547. The van der Waals surface area contributed by atoms with Gasteiger partial charge in [-0.15, -0.1) is 0 Å². The average Bonchev–Trinajstić information content (AvgIpc) is 2.52. The van der Waals surface area contributed by atoms with Crippen LogP contribution >= 0.6 is 0 Å². The third-order valence-electron chi connectivity index (χ3n) is 2.85. The number of aromatic nitrogens is 2. The van der Waals surface area contributed by atoms with Gasteiger partial charge in [0.15, 0.2) is 0 Å². The van der Waals surface area contributed by atoms with Crippen LogP contribution in [-0.2, 0) is 16.6 Å². The van der Waals surface area contributed by atoms with Crippen LogP contribution in [0.3, 0.4) is 0 Å². The van der Waals surface area contributed by atoms with Crippen LogP contribution in [0.4, 0.5) is 0 Å². The molecule has 0 unspecified atom stereocenters. The summed E-state index contributed by atoms with van der Waals surface area (Å²) in [4.78, 5) is 0.302. The SMILES string of the molecule is Cc1nn(CCNC(C)C)c(C)c1S(=O)(=O)NC(C)C. The molecule has 1 rings (SSSR count). The van der Waals surface area contributed by atoms with Crippen molar-refractivity contribution in [2.75, 3.05) is 6.54 Å². The first-order valence-corrected chi connectivity index (χ1v) is 8.43. The lowest BCUT2D eigenvalue weighted by molar-refractivity contribution is 0.506. The fraction of sp³-hybridized carbons (Fsp3) is 0.769. The Morgan fingerprint density at radius 1 is 1.15 bits per heavy atom. The van der Waals surface area contributed by atoms with Crippen molar-refractivity contribution in [3.8, 4) is 0 Å². The van der Waals surface area contributed by atoms with E-state index >= 15 is 0 Å². The van der Waals surface area contributed by atoms with Gasteiger partial charge in [0.2, 0.25) is 10.0 Å². The van der Waals surface area contributed by atoms with Gasteiger partial charge in [-0.3, -0.25) is 4.68 Å². The van der Waals surface area contributed by atoms with E-state index in [-0.39, 0.29) is 6.04 Å². The van der Waals surface area contributed by atoms with Crippen molar-refractivity contribution >= 4 is 10.0 Å². The zero-order chi connectivity index (χ0) is 15.5. The predicted molar refractivity (Wildman–Crippen MR) is 80.3 cm³/mol. The molecule has 20 heavy (non-hydrogen) atoms. The van der Waals surface area contributed by atoms with Crippen molar-refractivity contribution in [2.24, 2.45) is 0 Å². The van der Waals surface area contributed by atoms with Gasteiger partial charge in [0.05, 0.1) is 17.9 Å². The molecule has 1 aromatic heterocycles. The van der Waals surface area contributed by atoms with Gasteiger partial charge in [-0.1, -0.05) is 13.8 Å². The minimum atomic E-state index is -3.50. The number of rotatable bonds is 7. The highest BCUT2D eigenvalue weighted by molar-refractivity contribution is 7.89. The quantitative estimate of drug-likeness (QED) is 0.793. The number of hydrogen-bond acceptors (Lipinski definition) is 4. The molecule has 0 aliphatic rings. The lowest BCUT2D eigenvalue weighted by Crippen LogP contribution is -2.31. The second-order valence-electron chi connectivity index (χ2n) is 5.61.